The Bertz CT molecular complexity index is 1140. The summed E-state index contributed by atoms with van der Waals surface area (Å²) in [5.41, 5.74) is 2.51. The molecule has 0 aliphatic carbocycles. The molecule has 0 spiro atoms. The third kappa shape index (κ3) is 3.37. The Labute approximate surface area is 164 Å². The summed E-state index contributed by atoms with van der Waals surface area (Å²) in [6, 6.07) is 12.3. The van der Waals surface area contributed by atoms with Crippen LogP contribution in [0.4, 0.5) is 0 Å². The van der Waals surface area contributed by atoms with Crippen molar-refractivity contribution in [2.75, 3.05) is 0 Å². The Hall–Kier alpha value is -1.89. The van der Waals surface area contributed by atoms with Crippen LogP contribution in [0.15, 0.2) is 67.6 Å². The molecule has 0 bridgehead atoms. The van der Waals surface area contributed by atoms with Crippen molar-refractivity contribution in [3.63, 3.8) is 0 Å². The number of pyridine rings is 1. The van der Waals surface area contributed by atoms with E-state index in [4.69, 9.17) is 11.6 Å². The van der Waals surface area contributed by atoms with Gasteiger partial charge in [-0.25, -0.2) is 8.42 Å². The highest BCUT2D eigenvalue weighted by molar-refractivity contribution is 9.10. The maximum absolute atomic E-state index is 12.7. The van der Waals surface area contributed by atoms with Gasteiger partial charge in [-0.05, 0) is 71.7 Å². The van der Waals surface area contributed by atoms with Crippen LogP contribution in [0, 0.1) is 13.8 Å². The Kier molecular flexibility index (Phi) is 5.10. The highest BCUT2D eigenvalue weighted by atomic mass is 79.9. The van der Waals surface area contributed by atoms with Gasteiger partial charge in [0.2, 0.25) is 15.3 Å². The lowest BCUT2D eigenvalue weighted by Gasteiger charge is -2.10. The standard InChI is InChI=1S/C19H15BrClNO3S/c1-11-17(19(23)18(20)12(2)22-11)13-3-7-15(8-4-13)26(24,25)16-9-5-14(21)6-10-16/h3-10H,1-2H3,(H,22,23). The van der Waals surface area contributed by atoms with Crippen molar-refractivity contribution in [3.8, 4) is 11.1 Å². The molecule has 2 aromatic carbocycles. The van der Waals surface area contributed by atoms with E-state index in [2.05, 4.69) is 20.9 Å². The Morgan fingerprint density at radius 3 is 1.92 bits per heavy atom. The van der Waals surface area contributed by atoms with Crippen molar-refractivity contribution in [1.82, 2.24) is 4.98 Å². The second-order valence-electron chi connectivity index (χ2n) is 5.87. The molecule has 0 unspecified atom stereocenters. The van der Waals surface area contributed by atoms with E-state index in [9.17, 15) is 13.2 Å². The van der Waals surface area contributed by atoms with Crippen LogP contribution in [0.3, 0.4) is 0 Å². The first-order valence-corrected chi connectivity index (χ1v) is 10.4. The fraction of sp³-hybridized carbons (Fsp3) is 0.105. The maximum atomic E-state index is 12.7. The van der Waals surface area contributed by atoms with E-state index >= 15 is 0 Å². The highest BCUT2D eigenvalue weighted by Crippen LogP contribution is 2.27. The Morgan fingerprint density at radius 1 is 0.885 bits per heavy atom. The first-order valence-electron chi connectivity index (χ1n) is 7.72. The molecule has 0 amide bonds. The summed E-state index contributed by atoms with van der Waals surface area (Å²) in [5.74, 6) is 0. The lowest BCUT2D eigenvalue weighted by atomic mass is 10.0. The number of sulfone groups is 1. The largest absolute Gasteiger partial charge is 0.361 e. The van der Waals surface area contributed by atoms with E-state index in [0.717, 1.165) is 11.4 Å². The van der Waals surface area contributed by atoms with Gasteiger partial charge in [0.25, 0.3) is 0 Å². The van der Waals surface area contributed by atoms with Crippen LogP contribution >= 0.6 is 27.5 Å². The number of aromatic amines is 1. The summed E-state index contributed by atoms with van der Waals surface area (Å²) in [4.78, 5) is 16.0. The molecule has 3 rings (SSSR count). The van der Waals surface area contributed by atoms with Gasteiger partial charge in [0, 0.05) is 22.0 Å². The van der Waals surface area contributed by atoms with Crippen molar-refractivity contribution in [3.05, 3.63) is 79.6 Å². The van der Waals surface area contributed by atoms with Crippen molar-refractivity contribution >= 4 is 37.4 Å². The number of hydrogen-bond donors (Lipinski definition) is 1. The number of aromatic nitrogens is 1. The SMILES string of the molecule is Cc1[nH]c(C)c(-c2ccc(S(=O)(=O)c3ccc(Cl)cc3)cc2)c(=O)c1Br. The molecule has 0 saturated heterocycles. The average Bonchev–Trinajstić information content (AvgIpc) is 2.61. The predicted molar refractivity (Wildman–Crippen MR) is 107 cm³/mol. The topological polar surface area (TPSA) is 67.0 Å². The van der Waals surface area contributed by atoms with Gasteiger partial charge in [-0.3, -0.25) is 4.79 Å². The molecule has 134 valence electrons. The fourth-order valence-electron chi connectivity index (χ4n) is 2.75. The second kappa shape index (κ2) is 7.02. The van der Waals surface area contributed by atoms with Crippen LogP contribution in [-0.2, 0) is 9.84 Å². The molecule has 0 aliphatic rings. The molecule has 0 atom stereocenters. The molecule has 3 aromatic rings. The zero-order valence-electron chi connectivity index (χ0n) is 14.0. The van der Waals surface area contributed by atoms with Crippen LogP contribution in [0.5, 0.6) is 0 Å². The van der Waals surface area contributed by atoms with Crippen LogP contribution in [-0.4, -0.2) is 13.4 Å². The number of halogens is 2. The van der Waals surface area contributed by atoms with E-state index in [1.807, 2.05) is 13.8 Å². The molecule has 26 heavy (non-hydrogen) atoms. The minimum Gasteiger partial charge on any atom is -0.361 e. The number of benzene rings is 2. The van der Waals surface area contributed by atoms with Crippen LogP contribution in [0.25, 0.3) is 11.1 Å². The van der Waals surface area contributed by atoms with Gasteiger partial charge in [0.05, 0.1) is 14.3 Å². The Morgan fingerprint density at radius 2 is 1.38 bits per heavy atom. The van der Waals surface area contributed by atoms with Gasteiger partial charge in [-0.15, -0.1) is 0 Å². The number of rotatable bonds is 3. The Balaban J connectivity index is 2.06. The van der Waals surface area contributed by atoms with Gasteiger partial charge < -0.3 is 4.98 Å². The van der Waals surface area contributed by atoms with E-state index in [1.165, 1.54) is 36.4 Å². The predicted octanol–water partition coefficient (Wildman–Crippen LogP) is 4.91. The molecule has 7 heteroatoms. The minimum absolute atomic E-state index is 0.132. The van der Waals surface area contributed by atoms with Crippen molar-refractivity contribution < 1.29 is 8.42 Å². The molecular formula is C19H15BrClNO3S. The number of H-pyrrole nitrogens is 1. The lowest BCUT2D eigenvalue weighted by molar-refractivity contribution is 0.596. The maximum Gasteiger partial charge on any atom is 0.206 e. The van der Waals surface area contributed by atoms with Crippen LogP contribution in [0.2, 0.25) is 5.02 Å². The summed E-state index contributed by atoms with van der Waals surface area (Å²) in [6.07, 6.45) is 0. The summed E-state index contributed by atoms with van der Waals surface area (Å²) in [6.45, 7) is 3.62. The number of aryl methyl sites for hydroxylation is 2. The molecule has 0 saturated carbocycles. The zero-order chi connectivity index (χ0) is 19.1. The fourth-order valence-corrected chi connectivity index (χ4v) is 4.43. The molecule has 4 nitrogen and oxygen atoms in total. The molecule has 0 radical (unpaired) electrons. The second-order valence-corrected chi connectivity index (χ2v) is 9.05. The van der Waals surface area contributed by atoms with Gasteiger partial charge in [-0.1, -0.05) is 23.7 Å². The average molecular weight is 453 g/mol. The van der Waals surface area contributed by atoms with Gasteiger partial charge in [0.1, 0.15) is 0 Å². The van der Waals surface area contributed by atoms with Crippen molar-refractivity contribution in [1.29, 1.82) is 0 Å². The molecule has 1 heterocycles. The van der Waals surface area contributed by atoms with Crippen LogP contribution < -0.4 is 5.43 Å². The molecule has 1 N–H and O–H groups in total. The third-order valence-electron chi connectivity index (χ3n) is 4.08. The quantitative estimate of drug-likeness (QED) is 0.614. The summed E-state index contributed by atoms with van der Waals surface area (Å²) < 4.78 is 25.9. The van der Waals surface area contributed by atoms with Gasteiger partial charge in [0.15, 0.2) is 0 Å². The van der Waals surface area contributed by atoms with E-state index in [-0.39, 0.29) is 15.2 Å². The summed E-state index contributed by atoms with van der Waals surface area (Å²) in [7, 11) is -3.64. The first kappa shape index (κ1) is 18.9. The van der Waals surface area contributed by atoms with Gasteiger partial charge >= 0.3 is 0 Å². The number of nitrogens with one attached hydrogen (secondary N) is 1. The highest BCUT2D eigenvalue weighted by Gasteiger charge is 2.18. The van der Waals surface area contributed by atoms with Crippen molar-refractivity contribution in [2.45, 2.75) is 23.6 Å². The number of hydrogen-bond acceptors (Lipinski definition) is 3. The third-order valence-corrected chi connectivity index (χ3v) is 7.08. The molecular weight excluding hydrogens is 438 g/mol. The van der Waals surface area contributed by atoms with Crippen molar-refractivity contribution in [2.24, 2.45) is 0 Å². The monoisotopic (exact) mass is 451 g/mol. The van der Waals surface area contributed by atoms with Crippen LogP contribution in [0.1, 0.15) is 11.4 Å². The minimum atomic E-state index is -3.64. The van der Waals surface area contributed by atoms with E-state index in [0.29, 0.717) is 20.6 Å². The summed E-state index contributed by atoms with van der Waals surface area (Å²) in [5, 5.41) is 0.471. The summed E-state index contributed by atoms with van der Waals surface area (Å²) >= 11 is 9.11. The lowest BCUT2D eigenvalue weighted by Crippen LogP contribution is -2.12. The smallest absolute Gasteiger partial charge is 0.206 e. The molecule has 1 aromatic heterocycles. The van der Waals surface area contributed by atoms with E-state index in [1.54, 1.807) is 12.1 Å². The van der Waals surface area contributed by atoms with E-state index < -0.39 is 9.84 Å². The first-order chi connectivity index (χ1) is 12.2. The molecule has 0 aliphatic heterocycles. The van der Waals surface area contributed by atoms with Gasteiger partial charge in [-0.2, -0.15) is 0 Å². The molecule has 0 fully saturated rings. The zero-order valence-corrected chi connectivity index (χ0v) is 17.2. The normalized spacial score (nSPS) is 11.5.